The lowest BCUT2D eigenvalue weighted by molar-refractivity contribution is -0.384. The van der Waals surface area contributed by atoms with Crippen LogP contribution in [0.5, 0.6) is 5.75 Å². The van der Waals surface area contributed by atoms with Gasteiger partial charge in [-0.3, -0.25) is 10.1 Å². The number of benzene rings is 1. The fourth-order valence-electron chi connectivity index (χ4n) is 1.75. The summed E-state index contributed by atoms with van der Waals surface area (Å²) in [7, 11) is 1.08. The van der Waals surface area contributed by atoms with Crippen LogP contribution in [0.2, 0.25) is 0 Å². The number of nitrogens with zero attached hydrogens (tertiary/aromatic N) is 1. The van der Waals surface area contributed by atoms with Gasteiger partial charge in [-0.25, -0.2) is 4.79 Å². The van der Waals surface area contributed by atoms with Crippen molar-refractivity contribution in [1.82, 2.24) is 0 Å². The molecule has 0 atom stereocenters. The second-order valence-electron chi connectivity index (χ2n) is 4.41. The molecule has 0 amide bonds. The van der Waals surface area contributed by atoms with Crippen molar-refractivity contribution in [3.63, 3.8) is 0 Å². The molecule has 1 aliphatic carbocycles. The SMILES string of the molecule is COC(=O)c1cc(OC(F)F)c(NC2CC2)c([N+](=O)[O-])c1. The summed E-state index contributed by atoms with van der Waals surface area (Å²) in [4.78, 5) is 21.8. The molecule has 0 spiro atoms. The lowest BCUT2D eigenvalue weighted by Gasteiger charge is -2.13. The maximum atomic E-state index is 12.5. The second kappa shape index (κ2) is 5.90. The number of methoxy groups -OCH3 is 1. The summed E-state index contributed by atoms with van der Waals surface area (Å²) in [5.41, 5.74) is -0.905. The van der Waals surface area contributed by atoms with E-state index in [1.807, 2.05) is 0 Å². The Morgan fingerprint density at radius 2 is 2.14 bits per heavy atom. The van der Waals surface area contributed by atoms with Crippen molar-refractivity contribution < 1.29 is 28.0 Å². The fraction of sp³-hybridized carbons (Fsp3) is 0.417. The number of anilines is 1. The van der Waals surface area contributed by atoms with Gasteiger partial charge in [0.1, 0.15) is 0 Å². The summed E-state index contributed by atoms with van der Waals surface area (Å²) in [6, 6.07) is 1.94. The fourth-order valence-corrected chi connectivity index (χ4v) is 1.75. The molecule has 2 rings (SSSR count). The molecular weight excluding hydrogens is 290 g/mol. The number of halogens is 2. The molecule has 0 aromatic heterocycles. The molecule has 0 bridgehead atoms. The van der Waals surface area contributed by atoms with Crippen LogP contribution in [0.1, 0.15) is 23.2 Å². The van der Waals surface area contributed by atoms with Crippen molar-refractivity contribution in [2.24, 2.45) is 0 Å². The quantitative estimate of drug-likeness (QED) is 0.493. The first-order valence-corrected chi connectivity index (χ1v) is 6.04. The number of nitrogens with one attached hydrogen (secondary N) is 1. The number of carbonyl (C=O) groups excluding carboxylic acids is 1. The van der Waals surface area contributed by atoms with Gasteiger partial charge in [-0.2, -0.15) is 8.78 Å². The predicted octanol–water partition coefficient (Wildman–Crippen LogP) is 2.56. The molecule has 114 valence electrons. The lowest BCUT2D eigenvalue weighted by atomic mass is 10.1. The number of nitro benzene ring substituents is 1. The Balaban J connectivity index is 2.51. The van der Waals surface area contributed by atoms with Gasteiger partial charge in [-0.1, -0.05) is 0 Å². The smallest absolute Gasteiger partial charge is 0.387 e. The first-order valence-electron chi connectivity index (χ1n) is 6.04. The van der Waals surface area contributed by atoms with Gasteiger partial charge in [0.05, 0.1) is 17.6 Å². The summed E-state index contributed by atoms with van der Waals surface area (Å²) in [5.74, 6) is -1.33. The van der Waals surface area contributed by atoms with E-state index in [0.29, 0.717) is 0 Å². The van der Waals surface area contributed by atoms with E-state index in [1.54, 1.807) is 0 Å². The van der Waals surface area contributed by atoms with Crippen molar-refractivity contribution >= 4 is 17.3 Å². The van der Waals surface area contributed by atoms with Gasteiger partial charge in [-0.05, 0) is 18.9 Å². The Morgan fingerprint density at radius 1 is 1.48 bits per heavy atom. The number of hydrogen-bond donors (Lipinski definition) is 1. The van der Waals surface area contributed by atoms with Crippen LogP contribution in [0.3, 0.4) is 0 Å². The van der Waals surface area contributed by atoms with Gasteiger partial charge in [0, 0.05) is 12.1 Å². The van der Waals surface area contributed by atoms with Crippen LogP contribution in [-0.2, 0) is 4.74 Å². The Bertz CT molecular complexity index is 575. The number of carbonyl (C=O) groups is 1. The van der Waals surface area contributed by atoms with Gasteiger partial charge < -0.3 is 14.8 Å². The van der Waals surface area contributed by atoms with E-state index >= 15 is 0 Å². The number of hydrogen-bond acceptors (Lipinski definition) is 6. The van der Waals surface area contributed by atoms with Crippen molar-refractivity contribution in [1.29, 1.82) is 0 Å². The van der Waals surface area contributed by atoms with Crippen LogP contribution in [0.25, 0.3) is 0 Å². The number of alkyl halides is 2. The average Bonchev–Trinajstić information content (AvgIpc) is 3.22. The van der Waals surface area contributed by atoms with E-state index in [9.17, 15) is 23.7 Å². The zero-order valence-electron chi connectivity index (χ0n) is 11.0. The molecule has 9 heteroatoms. The Hall–Kier alpha value is -2.45. The van der Waals surface area contributed by atoms with Crippen LogP contribution >= 0.6 is 0 Å². The summed E-state index contributed by atoms with van der Waals surface area (Å²) < 4.78 is 33.7. The zero-order valence-corrected chi connectivity index (χ0v) is 11.0. The van der Waals surface area contributed by atoms with Crippen LogP contribution in [-0.4, -0.2) is 30.7 Å². The van der Waals surface area contributed by atoms with Crippen molar-refractivity contribution in [2.75, 3.05) is 12.4 Å². The topological polar surface area (TPSA) is 90.7 Å². The second-order valence-corrected chi connectivity index (χ2v) is 4.41. The third-order valence-corrected chi connectivity index (χ3v) is 2.84. The van der Waals surface area contributed by atoms with E-state index in [2.05, 4.69) is 14.8 Å². The molecule has 0 unspecified atom stereocenters. The largest absolute Gasteiger partial charge is 0.465 e. The lowest BCUT2D eigenvalue weighted by Crippen LogP contribution is -2.12. The van der Waals surface area contributed by atoms with Gasteiger partial charge in [0.25, 0.3) is 5.69 Å². The molecule has 0 aliphatic heterocycles. The maximum absolute atomic E-state index is 12.5. The zero-order chi connectivity index (χ0) is 15.6. The molecule has 0 radical (unpaired) electrons. The summed E-state index contributed by atoms with van der Waals surface area (Å²) in [6.45, 7) is -3.17. The van der Waals surface area contributed by atoms with Crippen LogP contribution in [0.4, 0.5) is 20.2 Å². The van der Waals surface area contributed by atoms with Gasteiger partial charge >= 0.3 is 12.6 Å². The molecule has 7 nitrogen and oxygen atoms in total. The van der Waals surface area contributed by atoms with Crippen LogP contribution in [0.15, 0.2) is 12.1 Å². The van der Waals surface area contributed by atoms with E-state index in [1.165, 1.54) is 0 Å². The van der Waals surface area contributed by atoms with Crippen molar-refractivity contribution in [2.45, 2.75) is 25.5 Å². The molecule has 0 saturated heterocycles. The molecular formula is C12H12F2N2O5. The Morgan fingerprint density at radius 3 is 2.62 bits per heavy atom. The Kier molecular flexibility index (Phi) is 4.20. The third-order valence-electron chi connectivity index (χ3n) is 2.84. The van der Waals surface area contributed by atoms with Crippen LogP contribution < -0.4 is 10.1 Å². The molecule has 1 aromatic rings. The van der Waals surface area contributed by atoms with Crippen LogP contribution in [0, 0.1) is 10.1 Å². The monoisotopic (exact) mass is 302 g/mol. The highest BCUT2D eigenvalue weighted by Gasteiger charge is 2.30. The minimum Gasteiger partial charge on any atom is -0.465 e. The summed E-state index contributed by atoms with van der Waals surface area (Å²) >= 11 is 0. The molecule has 1 fully saturated rings. The van der Waals surface area contributed by atoms with Crippen molar-refractivity contribution in [3.05, 3.63) is 27.8 Å². The molecule has 0 heterocycles. The van der Waals surface area contributed by atoms with E-state index < -0.39 is 28.9 Å². The molecule has 1 aromatic carbocycles. The maximum Gasteiger partial charge on any atom is 0.387 e. The predicted molar refractivity (Wildman–Crippen MR) is 67.7 cm³/mol. The minimum atomic E-state index is -3.17. The molecule has 1 N–H and O–H groups in total. The third kappa shape index (κ3) is 3.56. The Labute approximate surface area is 118 Å². The summed E-state index contributed by atoms with van der Waals surface area (Å²) in [5, 5.41) is 13.9. The number of nitro groups is 1. The average molecular weight is 302 g/mol. The highest BCUT2D eigenvalue weighted by molar-refractivity contribution is 5.93. The van der Waals surface area contributed by atoms with E-state index in [4.69, 9.17) is 0 Å². The molecule has 21 heavy (non-hydrogen) atoms. The minimum absolute atomic E-state index is 0.0206. The highest BCUT2D eigenvalue weighted by Crippen LogP contribution is 2.40. The van der Waals surface area contributed by atoms with E-state index in [-0.39, 0.29) is 17.3 Å². The highest BCUT2D eigenvalue weighted by atomic mass is 19.3. The van der Waals surface area contributed by atoms with Gasteiger partial charge in [0.15, 0.2) is 11.4 Å². The normalized spacial score (nSPS) is 13.9. The molecule has 1 saturated carbocycles. The first-order chi connectivity index (χ1) is 9.92. The van der Waals surface area contributed by atoms with Crippen molar-refractivity contribution in [3.8, 4) is 5.75 Å². The number of rotatable bonds is 6. The number of ether oxygens (including phenoxy) is 2. The standard InChI is InChI=1S/C12H12F2N2O5/c1-20-11(17)6-4-8(16(18)19)10(15-7-2-3-7)9(5-6)21-12(13)14/h4-5,7,12,15H,2-3H2,1H3. The summed E-state index contributed by atoms with van der Waals surface area (Å²) in [6.07, 6.45) is 1.56. The first kappa shape index (κ1) is 14.9. The van der Waals surface area contributed by atoms with Gasteiger partial charge in [0.2, 0.25) is 0 Å². The number of esters is 1. The van der Waals surface area contributed by atoms with Gasteiger partial charge in [-0.15, -0.1) is 0 Å². The molecule has 1 aliphatic rings. The van der Waals surface area contributed by atoms with E-state index in [0.717, 1.165) is 32.1 Å².